The van der Waals surface area contributed by atoms with Gasteiger partial charge in [0.25, 0.3) is 0 Å². The van der Waals surface area contributed by atoms with Crippen molar-refractivity contribution in [3.8, 4) is 0 Å². The summed E-state index contributed by atoms with van der Waals surface area (Å²) >= 11 is 5.46. The SMILES string of the molecule is NCc1cnc(N)nc1.Nc1ncc(CCl)cn1. The Morgan fingerprint density at radius 1 is 0.833 bits per heavy atom. The van der Waals surface area contributed by atoms with Crippen LogP contribution in [0.25, 0.3) is 0 Å². The second-order valence-electron chi connectivity index (χ2n) is 3.24. The molecule has 2 aromatic heterocycles. The number of aromatic nitrogens is 4. The molecular formula is C10H14ClN7. The van der Waals surface area contributed by atoms with E-state index in [4.69, 9.17) is 28.8 Å². The summed E-state index contributed by atoms with van der Waals surface area (Å²) in [6, 6.07) is 0. The van der Waals surface area contributed by atoms with Crippen molar-refractivity contribution in [2.75, 3.05) is 11.5 Å². The highest BCUT2D eigenvalue weighted by Crippen LogP contribution is 1.99. The average Bonchev–Trinajstić information content (AvgIpc) is 2.41. The summed E-state index contributed by atoms with van der Waals surface area (Å²) in [4.78, 5) is 14.9. The first-order valence-corrected chi connectivity index (χ1v) is 5.58. The lowest BCUT2D eigenvalue weighted by Crippen LogP contribution is -2.00. The summed E-state index contributed by atoms with van der Waals surface area (Å²) in [6.07, 6.45) is 6.44. The van der Waals surface area contributed by atoms with Crippen molar-refractivity contribution in [2.24, 2.45) is 5.73 Å². The lowest BCUT2D eigenvalue weighted by Gasteiger charge is -1.92. The first-order valence-electron chi connectivity index (χ1n) is 5.04. The molecule has 0 aliphatic rings. The number of nitrogen functional groups attached to an aromatic ring is 2. The smallest absolute Gasteiger partial charge is 0.219 e. The van der Waals surface area contributed by atoms with Gasteiger partial charge in [-0.1, -0.05) is 0 Å². The molecule has 0 saturated heterocycles. The molecule has 96 valence electrons. The number of alkyl halides is 1. The molecule has 8 heteroatoms. The summed E-state index contributed by atoms with van der Waals surface area (Å²) in [6.45, 7) is 0.459. The van der Waals surface area contributed by atoms with E-state index in [1.807, 2.05) is 0 Å². The fraction of sp³-hybridized carbons (Fsp3) is 0.200. The van der Waals surface area contributed by atoms with Crippen LogP contribution in [0.1, 0.15) is 11.1 Å². The van der Waals surface area contributed by atoms with Gasteiger partial charge in [0.2, 0.25) is 11.9 Å². The van der Waals surface area contributed by atoms with Crippen LogP contribution in [-0.4, -0.2) is 19.9 Å². The fourth-order valence-electron chi connectivity index (χ4n) is 0.904. The van der Waals surface area contributed by atoms with Gasteiger partial charge in [0.05, 0.1) is 5.88 Å². The highest BCUT2D eigenvalue weighted by molar-refractivity contribution is 6.17. The second kappa shape index (κ2) is 7.36. The largest absolute Gasteiger partial charge is 0.368 e. The third kappa shape index (κ3) is 4.89. The zero-order valence-electron chi connectivity index (χ0n) is 9.62. The van der Waals surface area contributed by atoms with Crippen LogP contribution in [0, 0.1) is 0 Å². The highest BCUT2D eigenvalue weighted by Gasteiger charge is 1.89. The molecule has 0 saturated carbocycles. The second-order valence-corrected chi connectivity index (χ2v) is 3.50. The lowest BCUT2D eigenvalue weighted by molar-refractivity contribution is 1.01. The van der Waals surface area contributed by atoms with Crippen molar-refractivity contribution < 1.29 is 0 Å². The molecule has 0 radical (unpaired) electrons. The summed E-state index contributed by atoms with van der Waals surface area (Å²) < 4.78 is 0. The van der Waals surface area contributed by atoms with Crippen LogP contribution in [0.4, 0.5) is 11.9 Å². The topological polar surface area (TPSA) is 130 Å². The minimum absolute atomic E-state index is 0.281. The summed E-state index contributed by atoms with van der Waals surface area (Å²) in [7, 11) is 0. The molecule has 0 unspecified atom stereocenters. The zero-order valence-corrected chi connectivity index (χ0v) is 10.4. The van der Waals surface area contributed by atoms with E-state index >= 15 is 0 Å². The molecule has 0 spiro atoms. The average molecular weight is 268 g/mol. The zero-order chi connectivity index (χ0) is 13.4. The molecule has 0 aromatic carbocycles. The molecule has 18 heavy (non-hydrogen) atoms. The van der Waals surface area contributed by atoms with Gasteiger partial charge in [-0.25, -0.2) is 19.9 Å². The maximum Gasteiger partial charge on any atom is 0.219 e. The molecule has 2 rings (SSSR count). The van der Waals surface area contributed by atoms with Gasteiger partial charge in [-0.3, -0.25) is 0 Å². The monoisotopic (exact) mass is 267 g/mol. The molecule has 2 aromatic rings. The number of anilines is 2. The van der Waals surface area contributed by atoms with E-state index in [1.54, 1.807) is 24.8 Å². The van der Waals surface area contributed by atoms with Crippen molar-refractivity contribution in [3.05, 3.63) is 35.9 Å². The van der Waals surface area contributed by atoms with Crippen molar-refractivity contribution in [1.82, 2.24) is 19.9 Å². The van der Waals surface area contributed by atoms with Crippen molar-refractivity contribution >= 4 is 23.5 Å². The van der Waals surface area contributed by atoms with Crippen LogP contribution in [0.5, 0.6) is 0 Å². The summed E-state index contributed by atoms with van der Waals surface area (Å²) in [5.74, 6) is 0.997. The Balaban J connectivity index is 0.000000180. The van der Waals surface area contributed by atoms with Gasteiger partial charge in [-0.15, -0.1) is 11.6 Å². The van der Waals surface area contributed by atoms with Gasteiger partial charge in [-0.05, 0) is 0 Å². The van der Waals surface area contributed by atoms with E-state index < -0.39 is 0 Å². The standard InChI is InChI=1S/C5H6ClN3.C5H8N4/c2*6-1-4-2-8-5(7)9-3-4/h2-3H,1H2,(H2,7,8,9);2-3H,1,6H2,(H2,7,8,9). The van der Waals surface area contributed by atoms with Gasteiger partial charge in [-0.2, -0.15) is 0 Å². The van der Waals surface area contributed by atoms with Gasteiger partial charge in [0, 0.05) is 42.5 Å². The molecular weight excluding hydrogens is 254 g/mol. The first-order chi connectivity index (χ1) is 8.65. The maximum atomic E-state index is 5.46. The van der Waals surface area contributed by atoms with Gasteiger partial charge in [0.1, 0.15) is 0 Å². The lowest BCUT2D eigenvalue weighted by atomic mass is 10.3. The number of nitrogens with two attached hydrogens (primary N) is 3. The summed E-state index contributed by atoms with van der Waals surface area (Å²) in [5, 5.41) is 0. The minimum atomic E-state index is 0.281. The Bertz CT molecular complexity index is 411. The Labute approximate surface area is 109 Å². The molecule has 0 aliphatic carbocycles. The van der Waals surface area contributed by atoms with Crippen LogP contribution < -0.4 is 17.2 Å². The van der Waals surface area contributed by atoms with Crippen molar-refractivity contribution in [3.63, 3.8) is 0 Å². The maximum absolute atomic E-state index is 5.46. The minimum Gasteiger partial charge on any atom is -0.368 e. The molecule has 0 atom stereocenters. The normalized spacial score (nSPS) is 9.44. The molecule has 0 fully saturated rings. The quantitative estimate of drug-likeness (QED) is 0.668. The van der Waals surface area contributed by atoms with E-state index in [1.165, 1.54) is 0 Å². The van der Waals surface area contributed by atoms with Crippen LogP contribution in [0.15, 0.2) is 24.8 Å². The number of halogens is 1. The Hall–Kier alpha value is -1.99. The Morgan fingerprint density at radius 2 is 1.22 bits per heavy atom. The molecule has 7 nitrogen and oxygen atoms in total. The Kier molecular flexibility index (Phi) is 5.75. The number of rotatable bonds is 2. The van der Waals surface area contributed by atoms with Gasteiger partial charge in [0.15, 0.2) is 0 Å². The van der Waals surface area contributed by atoms with Crippen LogP contribution in [0.2, 0.25) is 0 Å². The van der Waals surface area contributed by atoms with Gasteiger partial charge < -0.3 is 17.2 Å². The van der Waals surface area contributed by atoms with Crippen LogP contribution in [0.3, 0.4) is 0 Å². The van der Waals surface area contributed by atoms with E-state index in [2.05, 4.69) is 19.9 Å². The fourth-order valence-corrected chi connectivity index (χ4v) is 1.04. The first kappa shape index (κ1) is 14.1. The highest BCUT2D eigenvalue weighted by atomic mass is 35.5. The van der Waals surface area contributed by atoms with Crippen LogP contribution in [-0.2, 0) is 12.4 Å². The number of nitrogens with zero attached hydrogens (tertiary/aromatic N) is 4. The van der Waals surface area contributed by atoms with Crippen LogP contribution >= 0.6 is 11.6 Å². The number of hydrogen-bond donors (Lipinski definition) is 3. The predicted molar refractivity (Wildman–Crippen MR) is 70.3 cm³/mol. The third-order valence-corrected chi connectivity index (χ3v) is 2.15. The predicted octanol–water partition coefficient (Wildman–Crippen LogP) is 0.315. The third-order valence-electron chi connectivity index (χ3n) is 1.84. The molecule has 6 N–H and O–H groups in total. The van der Waals surface area contributed by atoms with Crippen molar-refractivity contribution in [2.45, 2.75) is 12.4 Å². The van der Waals surface area contributed by atoms with E-state index in [-0.39, 0.29) is 11.9 Å². The van der Waals surface area contributed by atoms with Crippen molar-refractivity contribution in [1.29, 1.82) is 0 Å². The van der Waals surface area contributed by atoms with Gasteiger partial charge >= 0.3 is 0 Å². The number of hydrogen-bond acceptors (Lipinski definition) is 7. The van der Waals surface area contributed by atoms with E-state index in [9.17, 15) is 0 Å². The molecule has 0 aliphatic heterocycles. The summed E-state index contributed by atoms with van der Waals surface area (Å²) in [5.41, 5.74) is 17.5. The molecule has 0 amide bonds. The molecule has 0 bridgehead atoms. The Morgan fingerprint density at radius 3 is 1.56 bits per heavy atom. The van der Waals surface area contributed by atoms with E-state index in [0.29, 0.717) is 12.4 Å². The van der Waals surface area contributed by atoms with E-state index in [0.717, 1.165) is 11.1 Å². The molecule has 2 heterocycles.